The van der Waals surface area contributed by atoms with Crippen LogP contribution in [-0.2, 0) is 11.8 Å². The molecule has 3 rings (SSSR count). The highest BCUT2D eigenvalue weighted by atomic mass is 32.2. The number of hydrogen-bond acceptors (Lipinski definition) is 7. The minimum atomic E-state index is -0.884. The Morgan fingerprint density at radius 3 is 2.88 bits per heavy atom. The van der Waals surface area contributed by atoms with Crippen molar-refractivity contribution in [3.05, 3.63) is 30.1 Å². The first-order valence-electron chi connectivity index (χ1n) is 7.04. The molecule has 0 aliphatic carbocycles. The first-order chi connectivity index (χ1) is 11.5. The van der Waals surface area contributed by atoms with Gasteiger partial charge in [0.2, 0.25) is 5.91 Å². The molecule has 1 unspecified atom stereocenters. The van der Waals surface area contributed by atoms with Crippen molar-refractivity contribution in [2.45, 2.75) is 11.3 Å². The fourth-order valence-corrected chi connectivity index (χ4v) is 2.90. The lowest BCUT2D eigenvalue weighted by molar-refractivity contribution is -0.117. The number of para-hydroxylation sites is 2. The van der Waals surface area contributed by atoms with Crippen LogP contribution in [0.1, 0.15) is 11.9 Å². The summed E-state index contributed by atoms with van der Waals surface area (Å²) in [5.41, 5.74) is 4.89. The number of aromatic nitrogens is 3. The number of carbonyl (C=O) groups is 2. The summed E-state index contributed by atoms with van der Waals surface area (Å²) in [6, 6.07) is 6.50. The molecule has 9 nitrogen and oxygen atoms in total. The van der Waals surface area contributed by atoms with Crippen molar-refractivity contribution in [3.63, 3.8) is 0 Å². The van der Waals surface area contributed by atoms with Crippen molar-refractivity contribution in [2.75, 3.05) is 12.4 Å². The number of thioether (sulfide) groups is 1. The van der Waals surface area contributed by atoms with E-state index in [2.05, 4.69) is 10.2 Å². The molecule has 3 N–H and O–H groups in total. The van der Waals surface area contributed by atoms with Gasteiger partial charge < -0.3 is 19.8 Å². The lowest BCUT2D eigenvalue weighted by atomic mass is 10.2. The smallest absolute Gasteiger partial charge is 0.318 e. The molecular formula is C14H15N5O4S. The van der Waals surface area contributed by atoms with Crippen LogP contribution in [0.3, 0.4) is 0 Å². The SMILES string of the molecule is Cn1c(SCC(=O)NC(N)=O)nnc1C1COc2ccccc2O1. The second kappa shape index (κ2) is 6.79. The van der Waals surface area contributed by atoms with Crippen LogP contribution in [0.25, 0.3) is 0 Å². The summed E-state index contributed by atoms with van der Waals surface area (Å²) in [7, 11) is 1.77. The number of urea groups is 1. The van der Waals surface area contributed by atoms with Gasteiger partial charge in [-0.05, 0) is 12.1 Å². The van der Waals surface area contributed by atoms with E-state index >= 15 is 0 Å². The highest BCUT2D eigenvalue weighted by Crippen LogP contribution is 2.35. The number of rotatable bonds is 4. The van der Waals surface area contributed by atoms with Gasteiger partial charge in [0.05, 0.1) is 5.75 Å². The Morgan fingerprint density at radius 1 is 1.38 bits per heavy atom. The maximum absolute atomic E-state index is 11.4. The zero-order valence-corrected chi connectivity index (χ0v) is 13.6. The number of primary amides is 1. The molecule has 0 fully saturated rings. The lowest BCUT2D eigenvalue weighted by Crippen LogP contribution is -2.36. The molecule has 3 amide bonds. The number of benzene rings is 1. The van der Waals surface area contributed by atoms with Crippen LogP contribution in [-0.4, -0.2) is 39.1 Å². The minimum Gasteiger partial charge on any atom is -0.485 e. The topological polar surface area (TPSA) is 121 Å². The number of hydrogen-bond donors (Lipinski definition) is 2. The summed E-state index contributed by atoms with van der Waals surface area (Å²) in [6.45, 7) is 0.315. The third-order valence-corrected chi connectivity index (χ3v) is 4.28. The second-order valence-corrected chi connectivity index (χ2v) is 5.91. The molecular weight excluding hydrogens is 334 g/mol. The van der Waals surface area contributed by atoms with Crippen LogP contribution in [0.4, 0.5) is 4.79 Å². The van der Waals surface area contributed by atoms with Crippen molar-refractivity contribution in [1.82, 2.24) is 20.1 Å². The number of carbonyl (C=O) groups excluding carboxylic acids is 2. The number of fused-ring (bicyclic) bond motifs is 1. The van der Waals surface area contributed by atoms with Gasteiger partial charge in [-0.2, -0.15) is 0 Å². The summed E-state index contributed by atoms with van der Waals surface area (Å²) in [4.78, 5) is 22.1. The zero-order valence-electron chi connectivity index (χ0n) is 12.8. The lowest BCUT2D eigenvalue weighted by Gasteiger charge is -2.25. The van der Waals surface area contributed by atoms with Gasteiger partial charge >= 0.3 is 6.03 Å². The van der Waals surface area contributed by atoms with Gasteiger partial charge in [0.15, 0.2) is 28.6 Å². The largest absolute Gasteiger partial charge is 0.485 e. The highest BCUT2D eigenvalue weighted by molar-refractivity contribution is 7.99. The van der Waals surface area contributed by atoms with Crippen molar-refractivity contribution >= 4 is 23.7 Å². The Labute approximate surface area is 141 Å². The molecule has 126 valence electrons. The van der Waals surface area contributed by atoms with Gasteiger partial charge in [-0.15, -0.1) is 10.2 Å². The van der Waals surface area contributed by atoms with Crippen LogP contribution < -0.4 is 20.5 Å². The molecule has 0 spiro atoms. The van der Waals surface area contributed by atoms with Gasteiger partial charge in [0, 0.05) is 7.05 Å². The third kappa shape index (κ3) is 3.43. The normalized spacial score (nSPS) is 15.8. The number of nitrogens with zero attached hydrogens (tertiary/aromatic N) is 3. The van der Waals surface area contributed by atoms with E-state index < -0.39 is 18.0 Å². The number of ether oxygens (including phenoxy) is 2. The van der Waals surface area contributed by atoms with Crippen molar-refractivity contribution in [3.8, 4) is 11.5 Å². The monoisotopic (exact) mass is 349 g/mol. The molecule has 1 atom stereocenters. The van der Waals surface area contributed by atoms with Crippen molar-refractivity contribution in [2.24, 2.45) is 12.8 Å². The van der Waals surface area contributed by atoms with Gasteiger partial charge in [0.25, 0.3) is 0 Å². The van der Waals surface area contributed by atoms with Crippen molar-refractivity contribution < 1.29 is 19.1 Å². The summed E-state index contributed by atoms with van der Waals surface area (Å²) < 4.78 is 13.3. The standard InChI is InChI=1S/C14H15N5O4S/c1-19-12(10-6-22-8-4-2-3-5-9(8)23-10)17-18-14(19)24-7-11(20)16-13(15)21/h2-5,10H,6-7H2,1H3,(H3,15,16,20,21). The molecule has 2 aromatic rings. The molecule has 0 bridgehead atoms. The summed E-state index contributed by atoms with van der Waals surface area (Å²) >= 11 is 1.14. The van der Waals surface area contributed by atoms with E-state index in [1.165, 1.54) is 0 Å². The van der Waals surface area contributed by atoms with Gasteiger partial charge in [0.1, 0.15) is 6.61 Å². The van der Waals surface area contributed by atoms with Crippen LogP contribution in [0.5, 0.6) is 11.5 Å². The molecule has 0 saturated carbocycles. The first-order valence-corrected chi connectivity index (χ1v) is 8.03. The van der Waals surface area contributed by atoms with E-state index in [1.807, 2.05) is 29.6 Å². The minimum absolute atomic E-state index is 0.000228. The number of imide groups is 1. The Hall–Kier alpha value is -2.75. The number of nitrogens with two attached hydrogens (primary N) is 1. The Morgan fingerprint density at radius 2 is 2.12 bits per heavy atom. The molecule has 10 heteroatoms. The van der Waals surface area contributed by atoms with E-state index in [0.717, 1.165) is 11.8 Å². The molecule has 1 aromatic carbocycles. The van der Waals surface area contributed by atoms with Gasteiger partial charge in [-0.3, -0.25) is 10.1 Å². The Balaban J connectivity index is 1.67. The fraction of sp³-hybridized carbons (Fsp3) is 0.286. The molecule has 24 heavy (non-hydrogen) atoms. The maximum Gasteiger partial charge on any atom is 0.318 e. The van der Waals surface area contributed by atoms with Crippen molar-refractivity contribution in [1.29, 1.82) is 0 Å². The molecule has 2 heterocycles. The van der Waals surface area contributed by atoms with E-state index in [4.69, 9.17) is 15.2 Å². The summed E-state index contributed by atoms with van der Waals surface area (Å²) in [6.07, 6.45) is -0.397. The predicted octanol–water partition coefficient (Wildman–Crippen LogP) is 0.615. The van der Waals surface area contributed by atoms with Crippen LogP contribution in [0, 0.1) is 0 Å². The molecule has 1 aliphatic rings. The van der Waals surface area contributed by atoms with E-state index in [1.54, 1.807) is 11.6 Å². The summed E-state index contributed by atoms with van der Waals surface area (Å²) in [5.74, 6) is 1.42. The Kier molecular flexibility index (Phi) is 4.56. The summed E-state index contributed by atoms with van der Waals surface area (Å²) in [5, 5.41) is 10.7. The first kappa shape index (κ1) is 16.1. The molecule has 0 radical (unpaired) electrons. The average Bonchev–Trinajstić information content (AvgIpc) is 2.92. The van der Waals surface area contributed by atoms with E-state index in [-0.39, 0.29) is 5.75 Å². The van der Waals surface area contributed by atoms with E-state index in [0.29, 0.717) is 29.1 Å². The zero-order chi connectivity index (χ0) is 17.1. The fourth-order valence-electron chi connectivity index (χ4n) is 2.18. The maximum atomic E-state index is 11.4. The quantitative estimate of drug-likeness (QED) is 0.776. The van der Waals surface area contributed by atoms with E-state index in [9.17, 15) is 9.59 Å². The van der Waals surface area contributed by atoms with Gasteiger partial charge in [-0.25, -0.2) is 4.79 Å². The highest BCUT2D eigenvalue weighted by Gasteiger charge is 2.27. The number of amides is 3. The van der Waals surface area contributed by atoms with Crippen LogP contribution in [0.2, 0.25) is 0 Å². The van der Waals surface area contributed by atoms with Crippen LogP contribution in [0.15, 0.2) is 29.4 Å². The third-order valence-electron chi connectivity index (χ3n) is 3.26. The average molecular weight is 349 g/mol. The Bertz CT molecular complexity index is 778. The van der Waals surface area contributed by atoms with Crippen LogP contribution >= 0.6 is 11.8 Å². The second-order valence-electron chi connectivity index (χ2n) is 4.97. The molecule has 1 aromatic heterocycles. The van der Waals surface area contributed by atoms with Gasteiger partial charge in [-0.1, -0.05) is 23.9 Å². The molecule has 0 saturated heterocycles. The predicted molar refractivity (Wildman–Crippen MR) is 84.8 cm³/mol. The number of nitrogens with one attached hydrogen (secondary N) is 1. The molecule has 1 aliphatic heterocycles.